The first-order valence-electron chi connectivity index (χ1n) is 9.25. The third-order valence-corrected chi connectivity index (χ3v) is 4.38. The fraction of sp³-hybridized carbons (Fsp3) is 0.125. The maximum absolute atomic E-state index is 12.3. The van der Waals surface area contributed by atoms with Crippen LogP contribution in [-0.4, -0.2) is 18.3 Å². The molecule has 5 heteroatoms. The minimum Gasteiger partial charge on any atom is -0.485 e. The Morgan fingerprint density at radius 2 is 1.48 bits per heavy atom. The Labute approximate surface area is 169 Å². The summed E-state index contributed by atoms with van der Waals surface area (Å²) in [6.45, 7) is 1.71. The highest BCUT2D eigenvalue weighted by Gasteiger charge is 2.08. The zero-order valence-corrected chi connectivity index (χ0v) is 16.0. The van der Waals surface area contributed by atoms with Crippen molar-refractivity contribution in [2.45, 2.75) is 13.3 Å². The fourth-order valence-electron chi connectivity index (χ4n) is 2.70. The van der Waals surface area contributed by atoms with Crippen LogP contribution in [0.1, 0.15) is 29.3 Å². The number of nitriles is 1. The van der Waals surface area contributed by atoms with Gasteiger partial charge < -0.3 is 10.1 Å². The number of benzene rings is 3. The van der Waals surface area contributed by atoms with Gasteiger partial charge in [-0.25, -0.2) is 0 Å². The summed E-state index contributed by atoms with van der Waals surface area (Å²) in [6.07, 6.45) is 0.401. The minimum absolute atomic E-state index is 0.0723. The molecule has 0 atom stereocenters. The smallest absolute Gasteiger partial charge is 0.224 e. The first-order chi connectivity index (χ1) is 14.1. The van der Waals surface area contributed by atoms with Gasteiger partial charge in [0.05, 0.1) is 11.6 Å². The number of hydrogen-bond acceptors (Lipinski definition) is 4. The Morgan fingerprint density at radius 1 is 0.897 bits per heavy atom. The van der Waals surface area contributed by atoms with Crippen LogP contribution in [0.4, 0.5) is 5.69 Å². The average molecular weight is 384 g/mol. The number of carbonyl (C=O) groups excluding carboxylic acids is 2. The maximum Gasteiger partial charge on any atom is 0.224 e. The van der Waals surface area contributed by atoms with Gasteiger partial charge in [0.15, 0.2) is 12.4 Å². The quantitative estimate of drug-likeness (QED) is 0.592. The second-order valence-corrected chi connectivity index (χ2v) is 6.40. The van der Waals surface area contributed by atoms with E-state index in [0.717, 1.165) is 11.1 Å². The van der Waals surface area contributed by atoms with Gasteiger partial charge >= 0.3 is 0 Å². The van der Waals surface area contributed by atoms with Gasteiger partial charge in [-0.1, -0.05) is 31.2 Å². The number of Topliss-reactive ketones (excluding diaryl/α,β-unsaturated/α-hetero) is 1. The van der Waals surface area contributed by atoms with Gasteiger partial charge in [-0.2, -0.15) is 5.26 Å². The first-order valence-corrected chi connectivity index (χ1v) is 9.25. The number of ketones is 1. The molecule has 3 aromatic carbocycles. The lowest BCUT2D eigenvalue weighted by Gasteiger charge is -2.08. The van der Waals surface area contributed by atoms with Crippen molar-refractivity contribution in [1.29, 1.82) is 5.26 Å². The van der Waals surface area contributed by atoms with E-state index in [2.05, 4.69) is 11.4 Å². The molecule has 3 aromatic rings. The van der Waals surface area contributed by atoms with E-state index in [1.807, 2.05) is 36.4 Å². The van der Waals surface area contributed by atoms with Crippen LogP contribution >= 0.6 is 0 Å². The third kappa shape index (κ3) is 5.30. The summed E-state index contributed by atoms with van der Waals surface area (Å²) in [6, 6.07) is 23.6. The van der Waals surface area contributed by atoms with Gasteiger partial charge in [-0.3, -0.25) is 9.59 Å². The molecule has 3 rings (SSSR count). The van der Waals surface area contributed by atoms with E-state index in [0.29, 0.717) is 29.0 Å². The van der Waals surface area contributed by atoms with Gasteiger partial charge in [0.1, 0.15) is 5.75 Å². The van der Waals surface area contributed by atoms with Crippen molar-refractivity contribution in [3.8, 4) is 22.9 Å². The second-order valence-electron chi connectivity index (χ2n) is 6.40. The highest BCUT2D eigenvalue weighted by Crippen LogP contribution is 2.23. The van der Waals surface area contributed by atoms with E-state index >= 15 is 0 Å². The van der Waals surface area contributed by atoms with Crippen LogP contribution in [0.2, 0.25) is 0 Å². The number of hydrogen-bond donors (Lipinski definition) is 1. The lowest BCUT2D eigenvalue weighted by Crippen LogP contribution is -2.12. The molecular weight excluding hydrogens is 364 g/mol. The average Bonchev–Trinajstić information content (AvgIpc) is 2.78. The highest BCUT2D eigenvalue weighted by atomic mass is 16.5. The number of anilines is 1. The molecule has 0 aliphatic heterocycles. The molecule has 29 heavy (non-hydrogen) atoms. The molecule has 5 nitrogen and oxygen atoms in total. The van der Waals surface area contributed by atoms with Crippen molar-refractivity contribution in [2.24, 2.45) is 0 Å². The summed E-state index contributed by atoms with van der Waals surface area (Å²) in [5, 5.41) is 11.6. The Morgan fingerprint density at radius 3 is 2.03 bits per heavy atom. The number of nitrogens with zero attached hydrogens (tertiary/aromatic N) is 1. The van der Waals surface area contributed by atoms with Gasteiger partial charge in [0.25, 0.3) is 0 Å². The van der Waals surface area contributed by atoms with Crippen molar-refractivity contribution in [2.75, 3.05) is 11.9 Å². The predicted octanol–water partition coefficient (Wildman–Crippen LogP) is 4.84. The van der Waals surface area contributed by atoms with E-state index in [1.165, 1.54) is 0 Å². The molecule has 144 valence electrons. The predicted molar refractivity (Wildman–Crippen MR) is 112 cm³/mol. The van der Waals surface area contributed by atoms with Crippen LogP contribution in [0.25, 0.3) is 11.1 Å². The Bertz CT molecular complexity index is 1030. The SMILES string of the molecule is CCC(=O)Nc1ccc(C(=O)COc2ccc(-c3ccc(C#N)cc3)cc2)cc1. The number of rotatable bonds is 7. The van der Waals surface area contributed by atoms with E-state index in [1.54, 1.807) is 43.3 Å². The molecule has 0 aliphatic carbocycles. The zero-order chi connectivity index (χ0) is 20.6. The molecule has 0 aromatic heterocycles. The molecule has 0 heterocycles. The van der Waals surface area contributed by atoms with Gasteiger partial charge in [-0.05, 0) is 59.7 Å². The van der Waals surface area contributed by atoms with Gasteiger partial charge in [-0.15, -0.1) is 0 Å². The summed E-state index contributed by atoms with van der Waals surface area (Å²) in [4.78, 5) is 23.7. The molecule has 0 saturated heterocycles. The normalized spacial score (nSPS) is 10.1. The monoisotopic (exact) mass is 384 g/mol. The van der Waals surface area contributed by atoms with Crippen LogP contribution in [0.15, 0.2) is 72.8 Å². The summed E-state index contributed by atoms with van der Waals surface area (Å²) < 4.78 is 5.60. The Hall–Kier alpha value is -3.91. The number of ether oxygens (including phenoxy) is 1. The van der Waals surface area contributed by atoms with E-state index in [4.69, 9.17) is 10.00 Å². The Balaban J connectivity index is 1.57. The number of nitrogens with one attached hydrogen (secondary N) is 1. The van der Waals surface area contributed by atoms with Crippen molar-refractivity contribution in [1.82, 2.24) is 0 Å². The molecule has 0 aliphatic rings. The summed E-state index contributed by atoms with van der Waals surface area (Å²) in [7, 11) is 0. The van der Waals surface area contributed by atoms with Gasteiger partial charge in [0, 0.05) is 17.7 Å². The van der Waals surface area contributed by atoms with Crippen LogP contribution in [-0.2, 0) is 4.79 Å². The van der Waals surface area contributed by atoms with Crippen LogP contribution in [0.3, 0.4) is 0 Å². The minimum atomic E-state index is -0.144. The highest BCUT2D eigenvalue weighted by molar-refractivity contribution is 5.98. The Kier molecular flexibility index (Phi) is 6.39. The largest absolute Gasteiger partial charge is 0.485 e. The molecule has 0 spiro atoms. The molecule has 0 radical (unpaired) electrons. The fourth-order valence-corrected chi connectivity index (χ4v) is 2.70. The van der Waals surface area contributed by atoms with Crippen molar-refractivity contribution >= 4 is 17.4 Å². The van der Waals surface area contributed by atoms with Crippen molar-refractivity contribution < 1.29 is 14.3 Å². The summed E-state index contributed by atoms with van der Waals surface area (Å²) in [5.41, 5.74) is 3.80. The van der Waals surface area contributed by atoms with Crippen LogP contribution in [0.5, 0.6) is 5.75 Å². The number of amides is 1. The van der Waals surface area contributed by atoms with Crippen molar-refractivity contribution in [3.63, 3.8) is 0 Å². The van der Waals surface area contributed by atoms with Gasteiger partial charge in [0.2, 0.25) is 5.91 Å². The van der Waals surface area contributed by atoms with E-state index in [-0.39, 0.29) is 18.3 Å². The van der Waals surface area contributed by atoms with Crippen molar-refractivity contribution in [3.05, 3.63) is 83.9 Å². The van der Waals surface area contributed by atoms with Crippen LogP contribution in [0, 0.1) is 11.3 Å². The zero-order valence-electron chi connectivity index (χ0n) is 16.0. The molecular formula is C24H20N2O3. The molecule has 0 saturated carbocycles. The lowest BCUT2D eigenvalue weighted by atomic mass is 10.0. The molecule has 1 N–H and O–H groups in total. The first kappa shape index (κ1) is 19.8. The number of carbonyl (C=O) groups is 2. The molecule has 0 unspecified atom stereocenters. The summed E-state index contributed by atoms with van der Waals surface area (Å²) in [5.74, 6) is 0.383. The molecule has 1 amide bonds. The second kappa shape index (κ2) is 9.34. The summed E-state index contributed by atoms with van der Waals surface area (Å²) >= 11 is 0. The topological polar surface area (TPSA) is 79.2 Å². The lowest BCUT2D eigenvalue weighted by molar-refractivity contribution is -0.115. The van der Waals surface area contributed by atoms with E-state index in [9.17, 15) is 9.59 Å². The maximum atomic E-state index is 12.3. The third-order valence-electron chi connectivity index (χ3n) is 4.38. The van der Waals surface area contributed by atoms with E-state index < -0.39 is 0 Å². The standard InChI is InChI=1S/C24H20N2O3/c1-2-24(28)26-21-11-7-20(8-12-21)23(27)16-29-22-13-9-19(10-14-22)18-5-3-17(15-25)4-6-18/h3-14H,2,16H2,1H3,(H,26,28). The molecule has 0 bridgehead atoms. The molecule has 0 fully saturated rings. The van der Waals surface area contributed by atoms with Crippen LogP contribution < -0.4 is 10.1 Å².